The lowest BCUT2D eigenvalue weighted by Crippen LogP contribution is -2.29. The summed E-state index contributed by atoms with van der Waals surface area (Å²) < 4.78 is 11.2. The monoisotopic (exact) mass is 373 g/mol. The highest BCUT2D eigenvalue weighted by molar-refractivity contribution is 5.59. The standard InChI is InChI=1S/C24H23NO3/c1-18-14-20-11-5-6-12-22(20)25(18)16-21-15-23(26)24(17-28-21)27-13-7-10-19-8-3-2-4-9-19/h2-12,15,17-18H,13-14,16H2,1H3/b10-7+/t18-/m0/s1. The molecule has 0 unspecified atom stereocenters. The number of ether oxygens (including phenoxy) is 1. The lowest BCUT2D eigenvalue weighted by molar-refractivity contribution is 0.338. The van der Waals surface area contributed by atoms with Gasteiger partial charge < -0.3 is 14.1 Å². The van der Waals surface area contributed by atoms with Crippen LogP contribution < -0.4 is 15.1 Å². The second-order valence-electron chi connectivity index (χ2n) is 7.01. The Hall–Kier alpha value is -3.27. The maximum atomic E-state index is 12.4. The highest BCUT2D eigenvalue weighted by atomic mass is 16.5. The summed E-state index contributed by atoms with van der Waals surface area (Å²) in [6, 6.07) is 20.2. The van der Waals surface area contributed by atoms with Gasteiger partial charge in [0.05, 0.1) is 6.54 Å². The van der Waals surface area contributed by atoms with Crippen molar-refractivity contribution in [2.24, 2.45) is 0 Å². The number of rotatable bonds is 6. The SMILES string of the molecule is C[C@H]1Cc2ccccc2N1Cc1cc(=O)c(OC/C=C/c2ccccc2)co1. The third-order valence-electron chi connectivity index (χ3n) is 4.97. The number of anilines is 1. The van der Waals surface area contributed by atoms with E-state index in [1.54, 1.807) is 0 Å². The zero-order valence-electron chi connectivity index (χ0n) is 15.9. The number of nitrogens with zero attached hydrogens (tertiary/aromatic N) is 1. The Bertz CT molecular complexity index is 1020. The van der Waals surface area contributed by atoms with Crippen LogP contribution in [0.3, 0.4) is 0 Å². The van der Waals surface area contributed by atoms with E-state index in [0.717, 1.165) is 12.0 Å². The van der Waals surface area contributed by atoms with E-state index >= 15 is 0 Å². The quantitative estimate of drug-likeness (QED) is 0.629. The van der Waals surface area contributed by atoms with Crippen LogP contribution in [0, 0.1) is 0 Å². The molecule has 0 aliphatic carbocycles. The molecule has 1 aromatic heterocycles. The molecule has 1 aliphatic heterocycles. The van der Waals surface area contributed by atoms with E-state index in [-0.39, 0.29) is 11.2 Å². The number of fused-ring (bicyclic) bond motifs is 1. The third-order valence-corrected chi connectivity index (χ3v) is 4.97. The molecular formula is C24H23NO3. The van der Waals surface area contributed by atoms with Crippen LogP contribution >= 0.6 is 0 Å². The predicted molar refractivity (Wildman–Crippen MR) is 112 cm³/mol. The van der Waals surface area contributed by atoms with E-state index in [9.17, 15) is 4.79 Å². The van der Waals surface area contributed by atoms with Gasteiger partial charge in [0.25, 0.3) is 0 Å². The molecule has 3 aromatic rings. The molecule has 1 aliphatic rings. The molecule has 2 heterocycles. The van der Waals surface area contributed by atoms with Gasteiger partial charge in [0.15, 0.2) is 0 Å². The molecule has 0 saturated carbocycles. The molecule has 0 saturated heterocycles. The Morgan fingerprint density at radius 3 is 2.75 bits per heavy atom. The fraction of sp³-hybridized carbons (Fsp3) is 0.208. The second-order valence-corrected chi connectivity index (χ2v) is 7.01. The summed E-state index contributed by atoms with van der Waals surface area (Å²) in [5.74, 6) is 0.872. The van der Waals surface area contributed by atoms with Crippen LogP contribution in [-0.2, 0) is 13.0 Å². The molecule has 0 fully saturated rings. The Kier molecular flexibility index (Phi) is 5.29. The van der Waals surface area contributed by atoms with E-state index in [0.29, 0.717) is 25.0 Å². The van der Waals surface area contributed by atoms with E-state index < -0.39 is 0 Å². The van der Waals surface area contributed by atoms with Crippen molar-refractivity contribution in [3.63, 3.8) is 0 Å². The highest BCUT2D eigenvalue weighted by Crippen LogP contribution is 2.32. The summed E-state index contributed by atoms with van der Waals surface area (Å²) in [5, 5.41) is 0. The van der Waals surface area contributed by atoms with Crippen molar-refractivity contribution in [2.45, 2.75) is 25.9 Å². The molecule has 4 heteroatoms. The van der Waals surface area contributed by atoms with Gasteiger partial charge in [-0.2, -0.15) is 0 Å². The smallest absolute Gasteiger partial charge is 0.227 e. The van der Waals surface area contributed by atoms with Gasteiger partial charge in [0, 0.05) is 17.8 Å². The average molecular weight is 373 g/mol. The number of hydrogen-bond donors (Lipinski definition) is 0. The highest BCUT2D eigenvalue weighted by Gasteiger charge is 2.26. The fourth-order valence-corrected chi connectivity index (χ4v) is 3.55. The minimum Gasteiger partial charge on any atom is -0.482 e. The molecule has 142 valence electrons. The van der Waals surface area contributed by atoms with Crippen molar-refractivity contribution in [3.8, 4) is 5.75 Å². The van der Waals surface area contributed by atoms with Gasteiger partial charge in [-0.05, 0) is 36.6 Å². The molecule has 0 spiro atoms. The van der Waals surface area contributed by atoms with Crippen molar-refractivity contribution in [1.82, 2.24) is 0 Å². The molecule has 4 nitrogen and oxygen atoms in total. The molecule has 1 atom stereocenters. The van der Waals surface area contributed by atoms with Crippen LogP contribution in [0.2, 0.25) is 0 Å². The Morgan fingerprint density at radius 2 is 1.93 bits per heavy atom. The van der Waals surface area contributed by atoms with Gasteiger partial charge in [-0.15, -0.1) is 0 Å². The van der Waals surface area contributed by atoms with E-state index in [1.165, 1.54) is 23.6 Å². The maximum absolute atomic E-state index is 12.4. The van der Waals surface area contributed by atoms with Crippen molar-refractivity contribution < 1.29 is 9.15 Å². The summed E-state index contributed by atoms with van der Waals surface area (Å²) in [4.78, 5) is 14.7. The van der Waals surface area contributed by atoms with Gasteiger partial charge >= 0.3 is 0 Å². The van der Waals surface area contributed by atoms with E-state index in [1.807, 2.05) is 48.6 Å². The molecule has 2 aromatic carbocycles. The van der Waals surface area contributed by atoms with Crippen LogP contribution in [0.5, 0.6) is 5.75 Å². The summed E-state index contributed by atoms with van der Waals surface area (Å²) in [6.45, 7) is 3.08. The number of hydrogen-bond acceptors (Lipinski definition) is 4. The Morgan fingerprint density at radius 1 is 1.14 bits per heavy atom. The first-order valence-corrected chi connectivity index (χ1v) is 9.51. The summed E-state index contributed by atoms with van der Waals surface area (Å²) >= 11 is 0. The largest absolute Gasteiger partial charge is 0.482 e. The lowest BCUT2D eigenvalue weighted by Gasteiger charge is -2.24. The molecule has 28 heavy (non-hydrogen) atoms. The summed E-state index contributed by atoms with van der Waals surface area (Å²) in [5.41, 5.74) is 3.48. The molecular weight excluding hydrogens is 350 g/mol. The van der Waals surface area contributed by atoms with Gasteiger partial charge in [0.1, 0.15) is 18.6 Å². The molecule has 4 rings (SSSR count). The summed E-state index contributed by atoms with van der Waals surface area (Å²) in [6.07, 6.45) is 6.27. The Labute approximate surface area is 164 Å². The molecule has 0 N–H and O–H groups in total. The first-order valence-electron chi connectivity index (χ1n) is 9.51. The maximum Gasteiger partial charge on any atom is 0.227 e. The first kappa shape index (κ1) is 18.1. The van der Waals surface area contributed by atoms with Crippen molar-refractivity contribution >= 4 is 11.8 Å². The lowest BCUT2D eigenvalue weighted by atomic mass is 10.1. The van der Waals surface area contributed by atoms with Gasteiger partial charge in [-0.1, -0.05) is 54.6 Å². The summed E-state index contributed by atoms with van der Waals surface area (Å²) in [7, 11) is 0. The zero-order valence-corrected chi connectivity index (χ0v) is 15.9. The number of benzene rings is 2. The second kappa shape index (κ2) is 8.17. The van der Waals surface area contributed by atoms with Crippen LogP contribution in [0.25, 0.3) is 6.08 Å². The normalized spacial score (nSPS) is 15.8. The minimum absolute atomic E-state index is 0.158. The predicted octanol–water partition coefficient (Wildman–Crippen LogP) is 4.68. The van der Waals surface area contributed by atoms with Gasteiger partial charge in [-0.25, -0.2) is 0 Å². The molecule has 0 radical (unpaired) electrons. The Balaban J connectivity index is 1.40. The molecule has 0 amide bonds. The number of para-hydroxylation sites is 1. The first-order chi connectivity index (χ1) is 13.7. The third kappa shape index (κ3) is 4.01. The fourth-order valence-electron chi connectivity index (χ4n) is 3.55. The zero-order chi connectivity index (χ0) is 19.3. The van der Waals surface area contributed by atoms with Crippen LogP contribution in [0.1, 0.15) is 23.8 Å². The van der Waals surface area contributed by atoms with Crippen molar-refractivity contribution in [2.75, 3.05) is 11.5 Å². The van der Waals surface area contributed by atoms with Gasteiger partial charge in [-0.3, -0.25) is 4.79 Å². The average Bonchev–Trinajstić information content (AvgIpc) is 3.03. The van der Waals surface area contributed by atoms with Crippen LogP contribution in [-0.4, -0.2) is 12.6 Å². The van der Waals surface area contributed by atoms with Crippen LogP contribution in [0.15, 0.2) is 82.2 Å². The minimum atomic E-state index is -0.158. The van der Waals surface area contributed by atoms with Gasteiger partial charge in [0.2, 0.25) is 11.2 Å². The van der Waals surface area contributed by atoms with Crippen molar-refractivity contribution in [1.29, 1.82) is 0 Å². The molecule has 0 bridgehead atoms. The van der Waals surface area contributed by atoms with E-state index in [2.05, 4.69) is 30.0 Å². The van der Waals surface area contributed by atoms with Crippen molar-refractivity contribution in [3.05, 3.63) is 100 Å². The van der Waals surface area contributed by atoms with E-state index in [4.69, 9.17) is 9.15 Å². The topological polar surface area (TPSA) is 42.7 Å². The van der Waals surface area contributed by atoms with Crippen LogP contribution in [0.4, 0.5) is 5.69 Å².